The molecule has 1 atom stereocenters. The van der Waals surface area contributed by atoms with Crippen LogP contribution in [-0.2, 0) is 28.6 Å². The van der Waals surface area contributed by atoms with Gasteiger partial charge in [0.1, 0.15) is 13.2 Å². The highest BCUT2D eigenvalue weighted by molar-refractivity contribution is 5.71. The molecule has 0 bridgehead atoms. The SMILES string of the molecule is CCCCCCCCCCCCCCCCCCC(=O)O[C@H](COC(=O)CCCCCCCCCCCCCCCCCC(C)C)COC(=O)CCCCCCCCCCCCCC(C)C. The van der Waals surface area contributed by atoms with Gasteiger partial charge in [-0.05, 0) is 31.1 Å². The van der Waals surface area contributed by atoms with Crippen LogP contribution in [0.4, 0.5) is 0 Å². The van der Waals surface area contributed by atoms with E-state index in [0.29, 0.717) is 19.3 Å². The minimum absolute atomic E-state index is 0.0624. The van der Waals surface area contributed by atoms with Gasteiger partial charge < -0.3 is 14.2 Å². The molecule has 0 aromatic rings. The number of hydrogen-bond acceptors (Lipinski definition) is 6. The summed E-state index contributed by atoms with van der Waals surface area (Å²) in [5.41, 5.74) is 0. The minimum atomic E-state index is -0.763. The largest absolute Gasteiger partial charge is 0.462 e. The van der Waals surface area contributed by atoms with Gasteiger partial charge in [-0.3, -0.25) is 14.4 Å². The zero-order valence-electron chi connectivity index (χ0n) is 45.3. The highest BCUT2D eigenvalue weighted by Crippen LogP contribution is 2.18. The van der Waals surface area contributed by atoms with E-state index >= 15 is 0 Å². The van der Waals surface area contributed by atoms with Crippen molar-refractivity contribution in [2.45, 2.75) is 343 Å². The van der Waals surface area contributed by atoms with Crippen molar-refractivity contribution < 1.29 is 28.6 Å². The monoisotopic (exact) mass is 933 g/mol. The number of ether oxygens (including phenoxy) is 3. The van der Waals surface area contributed by atoms with Gasteiger partial charge >= 0.3 is 17.9 Å². The number of rotatable bonds is 54. The third-order valence-corrected chi connectivity index (χ3v) is 13.7. The molecular formula is C60H116O6. The van der Waals surface area contributed by atoms with Gasteiger partial charge in [-0.25, -0.2) is 0 Å². The lowest BCUT2D eigenvalue weighted by molar-refractivity contribution is -0.167. The molecule has 0 spiro atoms. The van der Waals surface area contributed by atoms with Gasteiger partial charge in [-0.1, -0.05) is 298 Å². The molecule has 0 N–H and O–H groups in total. The fourth-order valence-corrected chi connectivity index (χ4v) is 9.23. The number of hydrogen-bond donors (Lipinski definition) is 0. The molecular weight excluding hydrogens is 817 g/mol. The normalized spacial score (nSPS) is 12.0. The summed E-state index contributed by atoms with van der Waals surface area (Å²) in [6.07, 6.45) is 56.6. The van der Waals surface area contributed by atoms with E-state index in [9.17, 15) is 14.4 Å². The Morgan fingerprint density at radius 1 is 0.288 bits per heavy atom. The van der Waals surface area contributed by atoms with E-state index in [1.165, 1.54) is 225 Å². The van der Waals surface area contributed by atoms with Crippen molar-refractivity contribution in [2.24, 2.45) is 11.8 Å². The van der Waals surface area contributed by atoms with Gasteiger partial charge in [0.15, 0.2) is 6.10 Å². The van der Waals surface area contributed by atoms with E-state index in [0.717, 1.165) is 69.6 Å². The summed E-state index contributed by atoms with van der Waals surface area (Å²) < 4.78 is 16.9. The van der Waals surface area contributed by atoms with E-state index in [1.54, 1.807) is 0 Å². The van der Waals surface area contributed by atoms with Crippen LogP contribution in [0.25, 0.3) is 0 Å². The lowest BCUT2D eigenvalue weighted by atomic mass is 10.0. The maximum Gasteiger partial charge on any atom is 0.306 e. The fraction of sp³-hybridized carbons (Fsp3) is 0.950. The maximum absolute atomic E-state index is 12.9. The molecule has 0 aromatic carbocycles. The molecule has 0 rings (SSSR count). The topological polar surface area (TPSA) is 78.9 Å². The second kappa shape index (κ2) is 52.8. The van der Waals surface area contributed by atoms with E-state index in [2.05, 4.69) is 34.6 Å². The number of esters is 3. The quantitative estimate of drug-likeness (QED) is 0.0343. The van der Waals surface area contributed by atoms with Crippen molar-refractivity contribution in [1.82, 2.24) is 0 Å². The average molecular weight is 934 g/mol. The van der Waals surface area contributed by atoms with E-state index in [1.807, 2.05) is 0 Å². The van der Waals surface area contributed by atoms with Crippen LogP contribution < -0.4 is 0 Å². The standard InChI is InChI=1S/C60H116O6/c1-6-7-8-9-10-11-12-13-14-17-21-26-32-37-42-47-52-60(63)66-57(54-65-59(62)51-46-41-36-31-27-22-24-29-34-39-44-49-56(4)5)53-64-58(61)50-45-40-35-30-25-20-18-15-16-19-23-28-33-38-43-48-55(2)3/h55-57H,6-54H2,1-5H3/t57-/m1/s1. The Hall–Kier alpha value is -1.59. The van der Waals surface area contributed by atoms with Crippen LogP contribution >= 0.6 is 0 Å². The first-order valence-corrected chi connectivity index (χ1v) is 29.7. The number of carbonyl (C=O) groups is 3. The summed E-state index contributed by atoms with van der Waals surface area (Å²) in [7, 11) is 0. The lowest BCUT2D eigenvalue weighted by Crippen LogP contribution is -2.30. The molecule has 6 heteroatoms. The third kappa shape index (κ3) is 53.4. The minimum Gasteiger partial charge on any atom is -0.462 e. The summed E-state index contributed by atoms with van der Waals surface area (Å²) >= 11 is 0. The molecule has 0 saturated heterocycles. The predicted octanol–water partition coefficient (Wildman–Crippen LogP) is 19.7. The second-order valence-corrected chi connectivity index (χ2v) is 21.6. The molecule has 0 fully saturated rings. The Kier molecular flexibility index (Phi) is 51.5. The molecule has 6 nitrogen and oxygen atoms in total. The zero-order chi connectivity index (χ0) is 48.2. The van der Waals surface area contributed by atoms with Gasteiger partial charge in [0, 0.05) is 19.3 Å². The first-order valence-electron chi connectivity index (χ1n) is 29.7. The highest BCUT2D eigenvalue weighted by Gasteiger charge is 2.19. The highest BCUT2D eigenvalue weighted by atomic mass is 16.6. The van der Waals surface area contributed by atoms with Crippen LogP contribution in [0.5, 0.6) is 0 Å². The second-order valence-electron chi connectivity index (χ2n) is 21.6. The maximum atomic E-state index is 12.9. The van der Waals surface area contributed by atoms with Crippen LogP contribution in [0, 0.1) is 11.8 Å². The summed E-state index contributed by atoms with van der Waals surface area (Å²) in [5.74, 6) is 0.839. The molecule has 392 valence electrons. The van der Waals surface area contributed by atoms with Crippen LogP contribution in [0.15, 0.2) is 0 Å². The molecule has 0 aliphatic heterocycles. The van der Waals surface area contributed by atoms with Crippen molar-refractivity contribution in [3.05, 3.63) is 0 Å². The van der Waals surface area contributed by atoms with Crippen LogP contribution in [0.2, 0.25) is 0 Å². The molecule has 0 amide bonds. The summed E-state index contributed by atoms with van der Waals surface area (Å²) in [5, 5.41) is 0. The van der Waals surface area contributed by atoms with Crippen molar-refractivity contribution >= 4 is 17.9 Å². The van der Waals surface area contributed by atoms with Crippen molar-refractivity contribution in [3.63, 3.8) is 0 Å². The number of unbranched alkanes of at least 4 members (excludes halogenated alkanes) is 39. The number of carbonyl (C=O) groups excluding carboxylic acids is 3. The smallest absolute Gasteiger partial charge is 0.306 e. The van der Waals surface area contributed by atoms with Gasteiger partial charge in [-0.2, -0.15) is 0 Å². The third-order valence-electron chi connectivity index (χ3n) is 13.7. The van der Waals surface area contributed by atoms with Gasteiger partial charge in [-0.15, -0.1) is 0 Å². The first kappa shape index (κ1) is 64.4. The lowest BCUT2D eigenvalue weighted by Gasteiger charge is -2.18. The van der Waals surface area contributed by atoms with Gasteiger partial charge in [0.25, 0.3) is 0 Å². The first-order chi connectivity index (χ1) is 32.2. The molecule has 0 aromatic heterocycles. The molecule has 0 aliphatic rings. The van der Waals surface area contributed by atoms with E-state index < -0.39 is 6.10 Å². The zero-order valence-corrected chi connectivity index (χ0v) is 45.3. The molecule has 0 radical (unpaired) electrons. The molecule has 66 heavy (non-hydrogen) atoms. The summed E-state index contributed by atoms with van der Waals surface area (Å²) in [4.78, 5) is 38.2. The molecule has 0 aliphatic carbocycles. The Morgan fingerprint density at radius 2 is 0.500 bits per heavy atom. The summed E-state index contributed by atoms with van der Waals surface area (Å²) in [6, 6.07) is 0. The van der Waals surface area contributed by atoms with Crippen LogP contribution in [0.1, 0.15) is 336 Å². The summed E-state index contributed by atoms with van der Waals surface area (Å²) in [6.45, 7) is 11.4. The van der Waals surface area contributed by atoms with E-state index in [-0.39, 0.29) is 31.1 Å². The Bertz CT molecular complexity index is 1010. The van der Waals surface area contributed by atoms with Crippen molar-refractivity contribution in [1.29, 1.82) is 0 Å². The molecule has 0 heterocycles. The van der Waals surface area contributed by atoms with E-state index in [4.69, 9.17) is 14.2 Å². The molecule has 0 saturated carbocycles. The average Bonchev–Trinajstić information content (AvgIpc) is 3.29. The Balaban J connectivity index is 4.29. The Morgan fingerprint density at radius 3 is 0.742 bits per heavy atom. The van der Waals surface area contributed by atoms with Crippen LogP contribution in [0.3, 0.4) is 0 Å². The molecule has 0 unspecified atom stereocenters. The Labute approximate surface area is 412 Å². The van der Waals surface area contributed by atoms with Crippen molar-refractivity contribution in [2.75, 3.05) is 13.2 Å². The predicted molar refractivity (Wildman–Crippen MR) is 284 cm³/mol. The van der Waals surface area contributed by atoms with Crippen LogP contribution in [-0.4, -0.2) is 37.2 Å². The van der Waals surface area contributed by atoms with Crippen molar-refractivity contribution in [3.8, 4) is 0 Å². The van der Waals surface area contributed by atoms with Gasteiger partial charge in [0.05, 0.1) is 0 Å². The van der Waals surface area contributed by atoms with Gasteiger partial charge in [0.2, 0.25) is 0 Å². The fourth-order valence-electron chi connectivity index (χ4n) is 9.23.